The summed E-state index contributed by atoms with van der Waals surface area (Å²) >= 11 is 0. The van der Waals surface area contributed by atoms with Crippen molar-refractivity contribution in [2.75, 3.05) is 13.7 Å². The van der Waals surface area contributed by atoms with E-state index in [4.69, 9.17) is 9.26 Å². The summed E-state index contributed by atoms with van der Waals surface area (Å²) in [5.74, 6) is 1.36. The summed E-state index contributed by atoms with van der Waals surface area (Å²) in [6.07, 6.45) is 0.602. The van der Waals surface area contributed by atoms with E-state index in [0.29, 0.717) is 24.3 Å². The Morgan fingerprint density at radius 1 is 1.16 bits per heavy atom. The molecule has 1 heterocycles. The van der Waals surface area contributed by atoms with Crippen molar-refractivity contribution in [2.24, 2.45) is 0 Å². The van der Waals surface area contributed by atoms with E-state index in [1.807, 2.05) is 55.5 Å². The van der Waals surface area contributed by atoms with Crippen LogP contribution >= 0.6 is 0 Å². The fourth-order valence-electron chi connectivity index (χ4n) is 2.53. The summed E-state index contributed by atoms with van der Waals surface area (Å²) in [7, 11) is 1.63. The van der Waals surface area contributed by atoms with Crippen molar-refractivity contribution >= 4 is 5.91 Å². The Morgan fingerprint density at radius 2 is 2.00 bits per heavy atom. The number of aromatic nitrogens is 1. The zero-order chi connectivity index (χ0) is 17.6. The van der Waals surface area contributed by atoms with Gasteiger partial charge >= 0.3 is 0 Å². The number of hydrogen-bond donors (Lipinski definition) is 1. The molecule has 0 spiro atoms. The molecule has 0 fully saturated rings. The van der Waals surface area contributed by atoms with Gasteiger partial charge in [-0.2, -0.15) is 0 Å². The van der Waals surface area contributed by atoms with Gasteiger partial charge in [-0.05, 0) is 31.2 Å². The van der Waals surface area contributed by atoms with Crippen molar-refractivity contribution in [3.05, 3.63) is 71.4 Å². The normalized spacial score (nSPS) is 10.5. The van der Waals surface area contributed by atoms with Crippen LogP contribution in [0.1, 0.15) is 21.6 Å². The number of nitrogens with zero attached hydrogens (tertiary/aromatic N) is 1. The van der Waals surface area contributed by atoms with E-state index in [1.54, 1.807) is 13.2 Å². The molecule has 0 aliphatic carbocycles. The van der Waals surface area contributed by atoms with Crippen LogP contribution in [0.3, 0.4) is 0 Å². The van der Waals surface area contributed by atoms with E-state index in [2.05, 4.69) is 10.5 Å². The number of methoxy groups -OCH3 is 1. The molecular weight excluding hydrogens is 316 g/mol. The maximum absolute atomic E-state index is 12.1. The number of nitrogens with one attached hydrogen (secondary N) is 1. The molecule has 5 nitrogen and oxygen atoms in total. The molecule has 0 saturated carbocycles. The third-order valence-electron chi connectivity index (χ3n) is 3.86. The van der Waals surface area contributed by atoms with Gasteiger partial charge in [-0.15, -0.1) is 0 Å². The Labute approximate surface area is 146 Å². The minimum Gasteiger partial charge on any atom is -0.497 e. The molecule has 1 aromatic heterocycles. The molecule has 25 heavy (non-hydrogen) atoms. The summed E-state index contributed by atoms with van der Waals surface area (Å²) in [6.45, 7) is 2.46. The lowest BCUT2D eigenvalue weighted by molar-refractivity contribution is 0.0954. The summed E-state index contributed by atoms with van der Waals surface area (Å²) in [5.41, 5.74) is 3.42. The number of hydrogen-bond acceptors (Lipinski definition) is 4. The second kappa shape index (κ2) is 7.66. The zero-order valence-corrected chi connectivity index (χ0v) is 14.3. The summed E-state index contributed by atoms with van der Waals surface area (Å²) in [4.78, 5) is 12.1. The number of benzene rings is 2. The third kappa shape index (κ3) is 4.26. The topological polar surface area (TPSA) is 64.4 Å². The highest BCUT2D eigenvalue weighted by Gasteiger charge is 2.09. The zero-order valence-electron chi connectivity index (χ0n) is 14.3. The van der Waals surface area contributed by atoms with E-state index >= 15 is 0 Å². The van der Waals surface area contributed by atoms with Gasteiger partial charge in [-0.25, -0.2) is 0 Å². The van der Waals surface area contributed by atoms with Gasteiger partial charge in [-0.3, -0.25) is 4.79 Å². The first kappa shape index (κ1) is 16.8. The van der Waals surface area contributed by atoms with E-state index in [1.165, 1.54) is 0 Å². The molecule has 3 rings (SSSR count). The molecule has 3 aromatic rings. The van der Waals surface area contributed by atoms with Crippen LogP contribution in [0.5, 0.6) is 5.75 Å². The average molecular weight is 336 g/mol. The lowest BCUT2D eigenvalue weighted by Gasteiger charge is -2.04. The van der Waals surface area contributed by atoms with E-state index in [-0.39, 0.29) is 5.91 Å². The first-order valence-corrected chi connectivity index (χ1v) is 8.10. The van der Waals surface area contributed by atoms with Crippen LogP contribution in [0, 0.1) is 6.92 Å². The van der Waals surface area contributed by atoms with Gasteiger partial charge in [0.05, 0.1) is 12.8 Å². The molecule has 0 unspecified atom stereocenters. The Hall–Kier alpha value is -3.08. The molecular formula is C20H20N2O3. The molecule has 0 radical (unpaired) electrons. The van der Waals surface area contributed by atoms with Crippen LogP contribution < -0.4 is 10.1 Å². The van der Waals surface area contributed by atoms with Crippen molar-refractivity contribution in [2.45, 2.75) is 13.3 Å². The fraction of sp³-hybridized carbons (Fsp3) is 0.200. The molecule has 1 N–H and O–H groups in total. The van der Waals surface area contributed by atoms with Gasteiger partial charge in [-0.1, -0.05) is 35.0 Å². The summed E-state index contributed by atoms with van der Waals surface area (Å²) in [5, 5.41) is 6.97. The Bertz CT molecular complexity index is 871. The quantitative estimate of drug-likeness (QED) is 0.746. The minimum atomic E-state index is -0.0831. The lowest BCUT2D eigenvalue weighted by Crippen LogP contribution is -2.25. The van der Waals surface area contributed by atoms with Gasteiger partial charge < -0.3 is 14.6 Å². The molecule has 128 valence electrons. The minimum absolute atomic E-state index is 0.0831. The molecule has 0 aliphatic heterocycles. The van der Waals surface area contributed by atoms with Crippen LogP contribution in [-0.4, -0.2) is 24.7 Å². The summed E-state index contributed by atoms with van der Waals surface area (Å²) in [6, 6.07) is 17.0. The largest absolute Gasteiger partial charge is 0.497 e. The van der Waals surface area contributed by atoms with Crippen molar-refractivity contribution < 1.29 is 14.1 Å². The smallest absolute Gasteiger partial charge is 0.251 e. The van der Waals surface area contributed by atoms with Crippen molar-refractivity contribution in [1.29, 1.82) is 0 Å². The van der Waals surface area contributed by atoms with Crippen molar-refractivity contribution in [1.82, 2.24) is 10.5 Å². The van der Waals surface area contributed by atoms with Gasteiger partial charge in [0.15, 0.2) is 5.76 Å². The van der Waals surface area contributed by atoms with Gasteiger partial charge in [0.25, 0.3) is 5.91 Å². The molecule has 0 atom stereocenters. The molecule has 0 aliphatic rings. The van der Waals surface area contributed by atoms with E-state index in [0.717, 1.165) is 22.6 Å². The lowest BCUT2D eigenvalue weighted by atomic mass is 10.1. The third-order valence-corrected chi connectivity index (χ3v) is 3.86. The first-order chi connectivity index (χ1) is 12.2. The maximum Gasteiger partial charge on any atom is 0.251 e. The van der Waals surface area contributed by atoms with Gasteiger partial charge in [0.1, 0.15) is 5.75 Å². The first-order valence-electron chi connectivity index (χ1n) is 8.10. The molecule has 2 aromatic carbocycles. The highest BCUT2D eigenvalue weighted by atomic mass is 16.5. The SMILES string of the molecule is COc1cccc(-c2cc(CCNC(=O)c3cccc(C)c3)no2)c1. The second-order valence-electron chi connectivity index (χ2n) is 5.79. The van der Waals surface area contributed by atoms with Crippen LogP contribution in [0.4, 0.5) is 0 Å². The van der Waals surface area contributed by atoms with Crippen LogP contribution in [0.2, 0.25) is 0 Å². The van der Waals surface area contributed by atoms with Crippen LogP contribution in [0.15, 0.2) is 59.1 Å². The Morgan fingerprint density at radius 3 is 2.80 bits per heavy atom. The predicted octanol–water partition coefficient (Wildman–Crippen LogP) is 3.63. The standard InChI is InChI=1S/C20H20N2O3/c1-14-5-3-7-16(11-14)20(23)21-10-9-17-13-19(25-22-17)15-6-4-8-18(12-15)24-2/h3-8,11-13H,9-10H2,1-2H3,(H,21,23). The number of amides is 1. The monoisotopic (exact) mass is 336 g/mol. The second-order valence-corrected chi connectivity index (χ2v) is 5.79. The van der Waals surface area contributed by atoms with E-state index < -0.39 is 0 Å². The predicted molar refractivity (Wildman–Crippen MR) is 95.7 cm³/mol. The van der Waals surface area contributed by atoms with Crippen LogP contribution in [0.25, 0.3) is 11.3 Å². The number of aryl methyl sites for hydroxylation is 1. The van der Waals surface area contributed by atoms with Gasteiger partial charge in [0, 0.05) is 30.2 Å². The highest BCUT2D eigenvalue weighted by molar-refractivity contribution is 5.94. The van der Waals surface area contributed by atoms with Crippen LogP contribution in [-0.2, 0) is 6.42 Å². The number of carbonyl (C=O) groups is 1. The van der Waals surface area contributed by atoms with Crippen molar-refractivity contribution in [3.8, 4) is 17.1 Å². The number of rotatable bonds is 6. The molecule has 1 amide bonds. The average Bonchev–Trinajstić information content (AvgIpc) is 3.10. The molecule has 5 heteroatoms. The van der Waals surface area contributed by atoms with Crippen molar-refractivity contribution in [3.63, 3.8) is 0 Å². The van der Waals surface area contributed by atoms with Gasteiger partial charge in [0.2, 0.25) is 0 Å². The van der Waals surface area contributed by atoms with E-state index in [9.17, 15) is 4.79 Å². The summed E-state index contributed by atoms with van der Waals surface area (Å²) < 4.78 is 10.6. The maximum atomic E-state index is 12.1. The number of ether oxygens (including phenoxy) is 1. The molecule has 0 saturated heterocycles. The Balaban J connectivity index is 1.57. The number of carbonyl (C=O) groups excluding carboxylic acids is 1. The fourth-order valence-corrected chi connectivity index (χ4v) is 2.53. The Kier molecular flexibility index (Phi) is 5.14. The molecule has 0 bridgehead atoms. The highest BCUT2D eigenvalue weighted by Crippen LogP contribution is 2.24.